The standard InChI is InChI=1S/C6H15N3.2C5H5N.2CHF3O3S.Cu/c1-2-8-5-6-9-4-3-7-1;2*1-2-4-6-5-3-1;2*2-1(3,4)8(5,6)7;/h7-9H,1-6H2;2*1-5H;2*(H,5,6,7);/q;;;;;+2/p-2. The number of pyridine rings is 2. The molecule has 2 aromatic rings. The largest absolute Gasteiger partial charge is 2.00 e. The molecule has 0 saturated carbocycles. The van der Waals surface area contributed by atoms with Gasteiger partial charge in [0.2, 0.25) is 0 Å². The Morgan fingerprint density at radius 2 is 0.711 bits per heavy atom. The molecule has 1 aliphatic rings. The Balaban J connectivity index is -0.000000403. The van der Waals surface area contributed by atoms with E-state index in [0.717, 1.165) is 39.3 Å². The molecule has 20 heteroatoms. The molecule has 223 valence electrons. The maximum Gasteiger partial charge on any atom is 2.00 e. The van der Waals surface area contributed by atoms with Crippen LogP contribution in [0.4, 0.5) is 26.3 Å². The predicted octanol–water partition coefficient (Wildman–Crippen LogP) is 1.03. The second kappa shape index (κ2) is 22.0. The third-order valence-corrected chi connectivity index (χ3v) is 4.27. The molecule has 0 aliphatic carbocycles. The molecular formula is C18H25CuF6N5O6S2. The van der Waals surface area contributed by atoms with Gasteiger partial charge in [0.25, 0.3) is 0 Å². The van der Waals surface area contributed by atoms with Crippen LogP contribution in [0.1, 0.15) is 0 Å². The van der Waals surface area contributed by atoms with E-state index in [1.165, 1.54) is 0 Å². The minimum Gasteiger partial charge on any atom is -0.741 e. The summed E-state index contributed by atoms with van der Waals surface area (Å²) in [5.41, 5.74) is -11.3. The second-order valence-electron chi connectivity index (χ2n) is 6.10. The normalized spacial score (nSPS) is 14.1. The SMILES string of the molecule is C1CNCCNCCN1.O=S(=O)([O-])C(F)(F)F.O=S(=O)([O-])C(F)(F)F.[Cu+2].c1ccncc1.c1ccncc1. The van der Waals surface area contributed by atoms with E-state index in [1.807, 2.05) is 36.4 Å². The van der Waals surface area contributed by atoms with E-state index in [4.69, 9.17) is 25.9 Å². The molecule has 3 heterocycles. The average Bonchev–Trinajstić information content (AvgIpc) is 2.97. The minimum absolute atomic E-state index is 0. The molecule has 0 atom stereocenters. The van der Waals surface area contributed by atoms with Gasteiger partial charge < -0.3 is 25.1 Å². The predicted molar refractivity (Wildman–Crippen MR) is 119 cm³/mol. The molecule has 0 spiro atoms. The molecule has 1 aliphatic heterocycles. The summed E-state index contributed by atoms with van der Waals surface area (Å²) in [5.74, 6) is 0. The van der Waals surface area contributed by atoms with Gasteiger partial charge in [-0.05, 0) is 24.3 Å². The van der Waals surface area contributed by atoms with Crippen molar-refractivity contribution in [1.82, 2.24) is 25.9 Å². The van der Waals surface area contributed by atoms with Crippen LogP contribution in [-0.4, -0.2) is 86.2 Å². The first kappa shape index (κ1) is 40.6. The molecule has 2 aromatic heterocycles. The first-order valence-corrected chi connectivity index (χ1v) is 12.7. The molecule has 11 nitrogen and oxygen atoms in total. The molecule has 1 radical (unpaired) electrons. The van der Waals surface area contributed by atoms with Crippen molar-refractivity contribution in [2.75, 3.05) is 39.3 Å². The number of aromatic nitrogens is 2. The van der Waals surface area contributed by atoms with Gasteiger partial charge in [-0.25, -0.2) is 16.8 Å². The molecule has 0 bridgehead atoms. The second-order valence-corrected chi connectivity index (χ2v) is 8.84. The number of halogens is 6. The summed E-state index contributed by atoms with van der Waals surface area (Å²) >= 11 is 0. The van der Waals surface area contributed by atoms with Crippen molar-refractivity contribution in [3.8, 4) is 0 Å². The zero-order chi connectivity index (χ0) is 28.8. The number of hydrogen-bond acceptors (Lipinski definition) is 11. The van der Waals surface area contributed by atoms with Gasteiger partial charge in [-0.15, -0.1) is 0 Å². The molecule has 38 heavy (non-hydrogen) atoms. The summed E-state index contributed by atoms with van der Waals surface area (Å²) < 4.78 is 118. The van der Waals surface area contributed by atoms with Gasteiger partial charge in [0.05, 0.1) is 0 Å². The van der Waals surface area contributed by atoms with Gasteiger partial charge >= 0.3 is 28.1 Å². The van der Waals surface area contributed by atoms with Crippen molar-refractivity contribution < 1.29 is 69.4 Å². The first-order valence-electron chi connectivity index (χ1n) is 9.86. The van der Waals surface area contributed by atoms with Crippen molar-refractivity contribution in [2.45, 2.75) is 11.0 Å². The number of nitrogens with zero attached hydrogens (tertiary/aromatic N) is 2. The quantitative estimate of drug-likeness (QED) is 0.161. The summed E-state index contributed by atoms with van der Waals surface area (Å²) in [6.45, 7) is 6.59. The van der Waals surface area contributed by atoms with Gasteiger partial charge in [-0.1, -0.05) is 12.1 Å². The van der Waals surface area contributed by atoms with Crippen molar-refractivity contribution in [3.63, 3.8) is 0 Å². The number of alkyl halides is 6. The molecule has 3 rings (SSSR count). The van der Waals surface area contributed by atoms with Gasteiger partial charge in [-0.3, -0.25) is 9.97 Å². The van der Waals surface area contributed by atoms with E-state index >= 15 is 0 Å². The topological polar surface area (TPSA) is 176 Å². The van der Waals surface area contributed by atoms with Gasteiger partial charge in [-0.2, -0.15) is 26.3 Å². The van der Waals surface area contributed by atoms with E-state index in [9.17, 15) is 26.3 Å². The Morgan fingerprint density at radius 1 is 0.526 bits per heavy atom. The number of rotatable bonds is 0. The van der Waals surface area contributed by atoms with Crippen molar-refractivity contribution in [1.29, 1.82) is 0 Å². The van der Waals surface area contributed by atoms with Crippen LogP contribution >= 0.6 is 0 Å². The van der Waals surface area contributed by atoms with Crippen molar-refractivity contribution in [2.24, 2.45) is 0 Å². The Hall–Kier alpha value is -1.90. The van der Waals surface area contributed by atoms with E-state index in [-0.39, 0.29) is 17.1 Å². The van der Waals surface area contributed by atoms with Crippen LogP contribution in [0.3, 0.4) is 0 Å². The Morgan fingerprint density at radius 3 is 0.789 bits per heavy atom. The monoisotopic (exact) mass is 648 g/mol. The van der Waals surface area contributed by atoms with Crippen LogP contribution in [0.2, 0.25) is 0 Å². The average molecular weight is 649 g/mol. The van der Waals surface area contributed by atoms with Gasteiger partial charge in [0, 0.05) is 64.1 Å². The van der Waals surface area contributed by atoms with Crippen molar-refractivity contribution in [3.05, 3.63) is 61.2 Å². The van der Waals surface area contributed by atoms with Crippen LogP contribution in [0, 0.1) is 0 Å². The van der Waals surface area contributed by atoms with E-state index < -0.39 is 31.3 Å². The molecule has 0 amide bonds. The molecule has 1 fully saturated rings. The van der Waals surface area contributed by atoms with Crippen molar-refractivity contribution >= 4 is 20.2 Å². The molecule has 0 unspecified atom stereocenters. The summed E-state index contributed by atoms with van der Waals surface area (Å²) in [4.78, 5) is 7.57. The summed E-state index contributed by atoms with van der Waals surface area (Å²) in [7, 11) is -12.2. The third kappa shape index (κ3) is 27.1. The Bertz CT molecular complexity index is 850. The fourth-order valence-electron chi connectivity index (χ4n) is 1.53. The molecular weight excluding hydrogens is 624 g/mol. The Labute approximate surface area is 226 Å². The van der Waals surface area contributed by atoms with Crippen LogP contribution in [-0.2, 0) is 37.3 Å². The van der Waals surface area contributed by atoms with Crippen LogP contribution in [0.15, 0.2) is 61.2 Å². The molecule has 0 aromatic carbocycles. The number of nitrogens with one attached hydrogen (secondary N) is 3. The summed E-state index contributed by atoms with van der Waals surface area (Å²) in [5, 5.41) is 9.91. The number of hydrogen-bond donors (Lipinski definition) is 3. The zero-order valence-corrected chi connectivity index (χ0v) is 21.8. The van der Waals surface area contributed by atoms with E-state index in [2.05, 4.69) is 25.9 Å². The minimum atomic E-state index is -6.09. The van der Waals surface area contributed by atoms with Gasteiger partial charge in [0.15, 0.2) is 20.2 Å². The maximum absolute atomic E-state index is 10.7. The van der Waals surface area contributed by atoms with E-state index in [0.29, 0.717) is 0 Å². The molecule has 1 saturated heterocycles. The van der Waals surface area contributed by atoms with Crippen LogP contribution in [0.25, 0.3) is 0 Å². The fraction of sp³-hybridized carbons (Fsp3) is 0.444. The third-order valence-electron chi connectivity index (χ3n) is 3.14. The molecule has 3 N–H and O–H groups in total. The summed E-state index contributed by atoms with van der Waals surface area (Å²) in [6.07, 6.45) is 7.00. The zero-order valence-electron chi connectivity index (χ0n) is 19.2. The van der Waals surface area contributed by atoms with E-state index in [1.54, 1.807) is 24.8 Å². The van der Waals surface area contributed by atoms with Crippen LogP contribution in [0.5, 0.6) is 0 Å². The fourth-order valence-corrected chi connectivity index (χ4v) is 1.53. The Kier molecular flexibility index (Phi) is 23.5. The van der Waals surface area contributed by atoms with Crippen LogP contribution < -0.4 is 16.0 Å². The smallest absolute Gasteiger partial charge is 0.741 e. The summed E-state index contributed by atoms with van der Waals surface area (Å²) in [6, 6.07) is 11.4. The van der Waals surface area contributed by atoms with Gasteiger partial charge in [0.1, 0.15) is 0 Å². The first-order chi connectivity index (χ1) is 17.0. The maximum atomic E-state index is 10.7.